The first-order valence-electron chi connectivity index (χ1n) is 11.8. The Labute approximate surface area is 220 Å². The summed E-state index contributed by atoms with van der Waals surface area (Å²) in [4.78, 5) is 12.7. The summed E-state index contributed by atoms with van der Waals surface area (Å²) in [5.74, 6) is 1.37. The summed E-state index contributed by atoms with van der Waals surface area (Å²) >= 11 is 0. The molecule has 0 saturated carbocycles. The minimum atomic E-state index is -0.587. The largest absolute Gasteiger partial charge is 0.493 e. The van der Waals surface area contributed by atoms with Crippen LogP contribution >= 0.6 is 0 Å². The number of carbonyl (C=O) groups is 1. The highest BCUT2D eigenvalue weighted by atomic mass is 16.5. The molecule has 4 rings (SSSR count). The van der Waals surface area contributed by atoms with Crippen molar-refractivity contribution < 1.29 is 33.2 Å². The molecule has 1 aliphatic rings. The zero-order valence-corrected chi connectivity index (χ0v) is 21.7. The molecule has 1 aliphatic heterocycles. The van der Waals surface area contributed by atoms with Crippen LogP contribution in [0.2, 0.25) is 0 Å². The molecule has 0 amide bonds. The number of hydrogen-bond acceptors (Lipinski definition) is 9. The number of esters is 1. The Kier molecular flexibility index (Phi) is 7.63. The first-order chi connectivity index (χ1) is 18.3. The van der Waals surface area contributed by atoms with Gasteiger partial charge in [-0.2, -0.15) is 5.26 Å². The quantitative estimate of drug-likeness (QED) is 0.328. The lowest BCUT2D eigenvalue weighted by molar-refractivity contribution is 0.0734. The van der Waals surface area contributed by atoms with E-state index in [1.807, 2.05) is 13.8 Å². The summed E-state index contributed by atoms with van der Waals surface area (Å²) < 4.78 is 33.4. The Morgan fingerprint density at radius 3 is 2.13 bits per heavy atom. The van der Waals surface area contributed by atoms with Crippen LogP contribution in [-0.2, 0) is 0 Å². The van der Waals surface area contributed by atoms with E-state index in [1.54, 1.807) is 54.6 Å². The summed E-state index contributed by atoms with van der Waals surface area (Å²) in [5, 5.41) is 9.91. The van der Waals surface area contributed by atoms with Gasteiger partial charge in [-0.15, -0.1) is 0 Å². The number of fused-ring (bicyclic) bond motifs is 1. The van der Waals surface area contributed by atoms with Crippen molar-refractivity contribution in [1.82, 2.24) is 0 Å². The molecule has 196 valence electrons. The van der Waals surface area contributed by atoms with E-state index in [4.69, 9.17) is 34.2 Å². The van der Waals surface area contributed by atoms with Gasteiger partial charge >= 0.3 is 5.97 Å². The number of rotatable bonds is 8. The van der Waals surface area contributed by atoms with Crippen molar-refractivity contribution in [1.29, 1.82) is 5.26 Å². The topological polar surface area (TPSA) is 122 Å². The highest BCUT2D eigenvalue weighted by Gasteiger charge is 2.32. The fourth-order valence-corrected chi connectivity index (χ4v) is 4.22. The molecule has 0 radical (unpaired) electrons. The Morgan fingerprint density at radius 2 is 1.58 bits per heavy atom. The number of ether oxygens (including phenoxy) is 6. The van der Waals surface area contributed by atoms with Crippen molar-refractivity contribution in [2.45, 2.75) is 25.9 Å². The van der Waals surface area contributed by atoms with Crippen LogP contribution in [0, 0.1) is 11.3 Å². The normalized spacial score (nSPS) is 14.2. The van der Waals surface area contributed by atoms with Crippen molar-refractivity contribution >= 4 is 5.97 Å². The maximum atomic E-state index is 12.7. The van der Waals surface area contributed by atoms with E-state index in [1.165, 1.54) is 21.3 Å². The van der Waals surface area contributed by atoms with Crippen LogP contribution in [0.1, 0.15) is 41.3 Å². The van der Waals surface area contributed by atoms with Crippen LogP contribution in [0.5, 0.6) is 34.5 Å². The Bertz CT molecular complexity index is 1400. The lowest BCUT2D eigenvalue weighted by Gasteiger charge is -2.27. The molecule has 9 heteroatoms. The number of carbonyl (C=O) groups excluding carboxylic acids is 1. The number of nitriles is 1. The Morgan fingerprint density at radius 1 is 0.947 bits per heavy atom. The lowest BCUT2D eigenvalue weighted by Crippen LogP contribution is -2.21. The maximum Gasteiger partial charge on any atom is 0.343 e. The second-order valence-corrected chi connectivity index (χ2v) is 8.66. The molecule has 2 N–H and O–H groups in total. The molecule has 0 aromatic heterocycles. The highest BCUT2D eigenvalue weighted by molar-refractivity contribution is 5.91. The molecule has 1 atom stereocenters. The molecule has 0 bridgehead atoms. The minimum Gasteiger partial charge on any atom is -0.493 e. The molecular weight excluding hydrogens is 488 g/mol. The number of methoxy groups -OCH3 is 3. The summed E-state index contributed by atoms with van der Waals surface area (Å²) in [6.45, 7) is 3.85. The summed E-state index contributed by atoms with van der Waals surface area (Å²) in [7, 11) is 4.54. The third-order valence-corrected chi connectivity index (χ3v) is 5.88. The molecule has 0 saturated heterocycles. The molecule has 9 nitrogen and oxygen atoms in total. The molecular formula is C29H28N2O7. The van der Waals surface area contributed by atoms with Gasteiger partial charge in [0.15, 0.2) is 11.5 Å². The lowest BCUT2D eigenvalue weighted by atomic mass is 9.83. The van der Waals surface area contributed by atoms with Gasteiger partial charge in [-0.05, 0) is 61.9 Å². The second-order valence-electron chi connectivity index (χ2n) is 8.66. The molecule has 0 fully saturated rings. The molecule has 1 heterocycles. The standard InChI is InChI=1S/C29H28N2O7/c1-16(2)36-19-8-6-17(7-9-19)29(32)37-20-10-11-21-23(14-20)38-28(31)22(15-30)26(21)18-12-24(33-3)27(35-5)25(13-18)34-4/h6-14,16,26H,31H2,1-5H3. The smallest absolute Gasteiger partial charge is 0.343 e. The van der Waals surface area contributed by atoms with Gasteiger partial charge in [0.05, 0.1) is 38.9 Å². The van der Waals surface area contributed by atoms with Crippen LogP contribution in [0.15, 0.2) is 66.1 Å². The summed E-state index contributed by atoms with van der Waals surface area (Å²) in [5.41, 5.74) is 8.06. The van der Waals surface area contributed by atoms with E-state index in [9.17, 15) is 10.1 Å². The SMILES string of the molecule is COc1cc(C2C(C#N)=C(N)Oc3cc(OC(=O)c4ccc(OC(C)C)cc4)ccc32)cc(OC)c1OC. The van der Waals surface area contributed by atoms with Crippen LogP contribution in [0.25, 0.3) is 0 Å². The van der Waals surface area contributed by atoms with Crippen LogP contribution < -0.4 is 34.2 Å². The Hall–Kier alpha value is -4.84. The second kappa shape index (κ2) is 11.0. The number of allylic oxidation sites excluding steroid dienone is 1. The monoisotopic (exact) mass is 516 g/mol. The highest BCUT2D eigenvalue weighted by Crippen LogP contribution is 2.47. The first-order valence-corrected chi connectivity index (χ1v) is 11.8. The van der Waals surface area contributed by atoms with Gasteiger partial charge in [0, 0.05) is 11.6 Å². The van der Waals surface area contributed by atoms with Gasteiger partial charge < -0.3 is 34.2 Å². The third kappa shape index (κ3) is 5.15. The van der Waals surface area contributed by atoms with E-state index < -0.39 is 11.9 Å². The van der Waals surface area contributed by atoms with Crippen molar-refractivity contribution in [3.8, 4) is 40.6 Å². The van der Waals surface area contributed by atoms with E-state index in [-0.39, 0.29) is 23.3 Å². The third-order valence-electron chi connectivity index (χ3n) is 5.88. The first kappa shape index (κ1) is 26.2. The Balaban J connectivity index is 1.67. The van der Waals surface area contributed by atoms with Crippen molar-refractivity contribution in [2.24, 2.45) is 5.73 Å². The van der Waals surface area contributed by atoms with E-state index in [2.05, 4.69) is 6.07 Å². The summed E-state index contributed by atoms with van der Waals surface area (Å²) in [6.07, 6.45) is 0.0234. The number of hydrogen-bond donors (Lipinski definition) is 1. The zero-order chi connectivity index (χ0) is 27.4. The van der Waals surface area contributed by atoms with E-state index >= 15 is 0 Å². The minimum absolute atomic E-state index is 0.0234. The maximum absolute atomic E-state index is 12.7. The molecule has 0 aliphatic carbocycles. The zero-order valence-electron chi connectivity index (χ0n) is 21.7. The van der Waals surface area contributed by atoms with Gasteiger partial charge in [0.2, 0.25) is 11.6 Å². The predicted octanol–water partition coefficient (Wildman–Crippen LogP) is 4.94. The molecule has 38 heavy (non-hydrogen) atoms. The predicted molar refractivity (Wildman–Crippen MR) is 139 cm³/mol. The van der Waals surface area contributed by atoms with Crippen LogP contribution in [0.3, 0.4) is 0 Å². The average molecular weight is 517 g/mol. The van der Waals surface area contributed by atoms with Crippen molar-refractivity contribution in [2.75, 3.05) is 21.3 Å². The van der Waals surface area contributed by atoms with Gasteiger partial charge in [-0.3, -0.25) is 0 Å². The summed E-state index contributed by atoms with van der Waals surface area (Å²) in [6, 6.07) is 17.3. The van der Waals surface area contributed by atoms with Crippen LogP contribution in [0.4, 0.5) is 0 Å². The van der Waals surface area contributed by atoms with Gasteiger partial charge in [0.1, 0.15) is 28.9 Å². The van der Waals surface area contributed by atoms with Gasteiger partial charge in [0.25, 0.3) is 0 Å². The number of nitrogens with two attached hydrogens (primary N) is 1. The van der Waals surface area contributed by atoms with Crippen LogP contribution in [-0.4, -0.2) is 33.4 Å². The van der Waals surface area contributed by atoms with Crippen molar-refractivity contribution in [3.05, 3.63) is 82.7 Å². The van der Waals surface area contributed by atoms with E-state index in [0.29, 0.717) is 45.4 Å². The van der Waals surface area contributed by atoms with Crippen molar-refractivity contribution in [3.63, 3.8) is 0 Å². The number of nitrogens with zero attached hydrogens (tertiary/aromatic N) is 1. The molecule has 1 unspecified atom stereocenters. The number of benzene rings is 3. The molecule has 3 aromatic carbocycles. The fourth-order valence-electron chi connectivity index (χ4n) is 4.22. The molecule has 3 aromatic rings. The van der Waals surface area contributed by atoms with Gasteiger partial charge in [-0.25, -0.2) is 4.79 Å². The van der Waals surface area contributed by atoms with Gasteiger partial charge in [-0.1, -0.05) is 6.07 Å². The molecule has 0 spiro atoms. The van der Waals surface area contributed by atoms with E-state index in [0.717, 1.165) is 0 Å². The average Bonchev–Trinajstić information content (AvgIpc) is 2.91. The fraction of sp³-hybridized carbons (Fsp3) is 0.241.